The van der Waals surface area contributed by atoms with Crippen molar-refractivity contribution in [1.82, 2.24) is 4.90 Å². The number of rotatable bonds is 2. The van der Waals surface area contributed by atoms with Crippen molar-refractivity contribution in [1.29, 1.82) is 0 Å². The number of likely N-dealkylation sites (N-methyl/N-ethyl adjacent to an activating group) is 1. The number of benzene rings is 2. The minimum absolute atomic E-state index is 0.156. The van der Waals surface area contributed by atoms with Crippen LogP contribution in [0.2, 0.25) is 0 Å². The molecular weight excluding hydrogens is 356 g/mol. The summed E-state index contributed by atoms with van der Waals surface area (Å²) in [7, 11) is -1.51. The second-order valence-electron chi connectivity index (χ2n) is 7.50. The topological polar surface area (TPSA) is 49.7 Å². The first-order valence-corrected chi connectivity index (χ1v) is 10.7. The van der Waals surface area contributed by atoms with Crippen molar-refractivity contribution in [3.8, 4) is 11.1 Å². The standard InChI is InChI=1S/C22H24N2O2S/c1-15-6-7-20(21(11-15)27(25,26)22-5-4-9-23-22)17-12-16(2)19-8-10-24(3)14-18(19)13-17/h4-7,11-13H,8-10,14H2,1-3H3. The Morgan fingerprint density at radius 2 is 1.93 bits per heavy atom. The van der Waals surface area contributed by atoms with E-state index in [1.165, 1.54) is 16.7 Å². The molecule has 2 heterocycles. The summed E-state index contributed by atoms with van der Waals surface area (Å²) in [5.41, 5.74) is 6.56. The van der Waals surface area contributed by atoms with Crippen molar-refractivity contribution in [3.63, 3.8) is 0 Å². The molecule has 2 aliphatic rings. The first kappa shape index (κ1) is 18.1. The lowest BCUT2D eigenvalue weighted by molar-refractivity contribution is 0.312. The molecule has 0 radical (unpaired) electrons. The number of hydrogen-bond acceptors (Lipinski definition) is 4. The summed E-state index contributed by atoms with van der Waals surface area (Å²) < 4.78 is 26.4. The van der Waals surface area contributed by atoms with Crippen molar-refractivity contribution >= 4 is 14.9 Å². The van der Waals surface area contributed by atoms with Crippen LogP contribution in [-0.4, -0.2) is 38.5 Å². The average molecular weight is 381 g/mol. The van der Waals surface area contributed by atoms with E-state index >= 15 is 0 Å². The molecule has 2 aromatic rings. The number of nitrogens with zero attached hydrogens (tertiary/aromatic N) is 2. The van der Waals surface area contributed by atoms with Gasteiger partial charge in [0.15, 0.2) is 5.04 Å². The third-order valence-corrected chi connectivity index (χ3v) is 7.11. The Hall–Kier alpha value is -2.24. The molecule has 2 aromatic carbocycles. The lowest BCUT2D eigenvalue weighted by atomic mass is 9.90. The third-order valence-electron chi connectivity index (χ3n) is 5.38. The highest BCUT2D eigenvalue weighted by molar-refractivity contribution is 8.07. The van der Waals surface area contributed by atoms with E-state index in [1.807, 2.05) is 19.1 Å². The van der Waals surface area contributed by atoms with Crippen molar-refractivity contribution in [2.24, 2.45) is 4.99 Å². The second kappa shape index (κ2) is 6.73. The van der Waals surface area contributed by atoms with E-state index in [9.17, 15) is 8.42 Å². The van der Waals surface area contributed by atoms with Gasteiger partial charge in [-0.25, -0.2) is 8.42 Å². The maximum Gasteiger partial charge on any atom is 0.224 e. The second-order valence-corrected chi connectivity index (χ2v) is 9.37. The molecule has 27 heavy (non-hydrogen) atoms. The maximum atomic E-state index is 13.2. The SMILES string of the molecule is Cc1ccc(-c2cc(C)c3c(c2)CN(C)CC3)c(S(=O)(=O)C2=NCC=C2)c1. The zero-order valence-electron chi connectivity index (χ0n) is 16.0. The van der Waals surface area contributed by atoms with Crippen LogP contribution >= 0.6 is 0 Å². The molecule has 0 amide bonds. The smallest absolute Gasteiger partial charge is 0.224 e. The Bertz CT molecular complexity index is 1080. The van der Waals surface area contributed by atoms with E-state index in [1.54, 1.807) is 18.2 Å². The summed E-state index contributed by atoms with van der Waals surface area (Å²) in [6.07, 6.45) is 4.42. The molecular formula is C22H24N2O2S. The molecule has 0 N–H and O–H groups in total. The molecule has 0 fully saturated rings. The van der Waals surface area contributed by atoms with Crippen LogP contribution in [0.1, 0.15) is 22.3 Å². The van der Waals surface area contributed by atoms with Crippen LogP contribution in [0.25, 0.3) is 11.1 Å². The highest BCUT2D eigenvalue weighted by Crippen LogP contribution is 2.34. The van der Waals surface area contributed by atoms with Gasteiger partial charge in [-0.1, -0.05) is 24.3 Å². The summed E-state index contributed by atoms with van der Waals surface area (Å²) in [5, 5.41) is 0.156. The Balaban J connectivity index is 1.90. The van der Waals surface area contributed by atoms with Crippen molar-refractivity contribution in [3.05, 3.63) is 64.7 Å². The summed E-state index contributed by atoms with van der Waals surface area (Å²) in [4.78, 5) is 6.80. The van der Waals surface area contributed by atoms with Gasteiger partial charge in [0.2, 0.25) is 9.84 Å². The van der Waals surface area contributed by atoms with Crippen LogP contribution in [0.3, 0.4) is 0 Å². The average Bonchev–Trinajstić information content (AvgIpc) is 3.16. The Kier molecular flexibility index (Phi) is 4.52. The largest absolute Gasteiger partial charge is 0.302 e. The molecule has 140 valence electrons. The van der Waals surface area contributed by atoms with E-state index in [0.29, 0.717) is 11.4 Å². The minimum Gasteiger partial charge on any atom is -0.302 e. The third kappa shape index (κ3) is 3.26. The van der Waals surface area contributed by atoms with Crippen LogP contribution in [0, 0.1) is 13.8 Å². The number of aliphatic imine (C=N–C) groups is 1. The van der Waals surface area contributed by atoms with Crippen LogP contribution in [0.15, 0.2) is 52.4 Å². The molecule has 0 atom stereocenters. The monoisotopic (exact) mass is 380 g/mol. The fourth-order valence-electron chi connectivity index (χ4n) is 3.94. The highest BCUT2D eigenvalue weighted by atomic mass is 32.2. The molecule has 0 aromatic heterocycles. The molecule has 0 saturated carbocycles. The normalized spacial score (nSPS) is 17.1. The molecule has 4 rings (SSSR count). The van der Waals surface area contributed by atoms with Gasteiger partial charge in [-0.15, -0.1) is 0 Å². The van der Waals surface area contributed by atoms with E-state index in [-0.39, 0.29) is 5.04 Å². The fourth-order valence-corrected chi connectivity index (χ4v) is 5.51. The van der Waals surface area contributed by atoms with Gasteiger partial charge in [0.25, 0.3) is 0 Å². The Labute approximate surface area is 161 Å². The summed E-state index contributed by atoms with van der Waals surface area (Å²) in [5.74, 6) is 0. The predicted molar refractivity (Wildman–Crippen MR) is 110 cm³/mol. The Morgan fingerprint density at radius 1 is 1.11 bits per heavy atom. The van der Waals surface area contributed by atoms with E-state index < -0.39 is 9.84 Å². The summed E-state index contributed by atoms with van der Waals surface area (Å²) in [6.45, 7) is 6.43. The van der Waals surface area contributed by atoms with E-state index in [2.05, 4.69) is 36.0 Å². The lowest BCUT2D eigenvalue weighted by Crippen LogP contribution is -2.27. The predicted octanol–water partition coefficient (Wildman–Crippen LogP) is 3.70. The minimum atomic E-state index is -3.63. The number of fused-ring (bicyclic) bond motifs is 1. The maximum absolute atomic E-state index is 13.2. The first-order valence-electron chi connectivity index (χ1n) is 9.24. The van der Waals surface area contributed by atoms with Gasteiger partial charge >= 0.3 is 0 Å². The zero-order valence-corrected chi connectivity index (χ0v) is 16.8. The van der Waals surface area contributed by atoms with Gasteiger partial charge in [-0.05, 0) is 73.3 Å². The van der Waals surface area contributed by atoms with Crippen LogP contribution in [0.4, 0.5) is 0 Å². The molecule has 2 aliphatic heterocycles. The molecule has 0 aliphatic carbocycles. The van der Waals surface area contributed by atoms with E-state index in [4.69, 9.17) is 0 Å². The number of sulfone groups is 1. The highest BCUT2D eigenvalue weighted by Gasteiger charge is 2.26. The number of hydrogen-bond donors (Lipinski definition) is 0. The fraction of sp³-hybridized carbons (Fsp3) is 0.318. The van der Waals surface area contributed by atoms with Gasteiger partial charge < -0.3 is 4.90 Å². The van der Waals surface area contributed by atoms with Gasteiger partial charge in [-0.3, -0.25) is 4.99 Å². The van der Waals surface area contributed by atoms with Gasteiger partial charge in [0, 0.05) is 18.7 Å². The molecule has 0 saturated heterocycles. The lowest BCUT2D eigenvalue weighted by Gasteiger charge is -2.27. The van der Waals surface area contributed by atoms with Gasteiger partial charge in [0.1, 0.15) is 0 Å². The van der Waals surface area contributed by atoms with Crippen LogP contribution in [0.5, 0.6) is 0 Å². The van der Waals surface area contributed by atoms with Crippen molar-refractivity contribution in [2.45, 2.75) is 31.7 Å². The molecule has 4 nitrogen and oxygen atoms in total. The Morgan fingerprint density at radius 3 is 2.67 bits per heavy atom. The van der Waals surface area contributed by atoms with Gasteiger partial charge in [-0.2, -0.15) is 0 Å². The quantitative estimate of drug-likeness (QED) is 0.798. The first-order chi connectivity index (χ1) is 12.9. The molecule has 0 bridgehead atoms. The van der Waals surface area contributed by atoms with E-state index in [0.717, 1.165) is 36.2 Å². The molecule has 5 heteroatoms. The van der Waals surface area contributed by atoms with Crippen LogP contribution in [-0.2, 0) is 22.8 Å². The molecule has 0 unspecified atom stereocenters. The van der Waals surface area contributed by atoms with Gasteiger partial charge in [0.05, 0.1) is 11.4 Å². The summed E-state index contributed by atoms with van der Waals surface area (Å²) >= 11 is 0. The number of aryl methyl sites for hydroxylation is 2. The van der Waals surface area contributed by atoms with Crippen LogP contribution < -0.4 is 0 Å². The van der Waals surface area contributed by atoms with Crippen molar-refractivity contribution in [2.75, 3.05) is 20.1 Å². The molecule has 0 spiro atoms. The summed E-state index contributed by atoms with van der Waals surface area (Å²) in [6, 6.07) is 9.95. The van der Waals surface area contributed by atoms with Crippen molar-refractivity contribution < 1.29 is 8.42 Å². The zero-order chi connectivity index (χ0) is 19.2.